The number of hydrogen-bond donors (Lipinski definition) is 0. The molecule has 0 amide bonds. The minimum atomic E-state index is 0.448. The molecule has 1 heteroatoms. The second-order valence-corrected chi connectivity index (χ2v) is 59.6. The van der Waals surface area contributed by atoms with Crippen molar-refractivity contribution in [1.29, 1.82) is 0 Å². The van der Waals surface area contributed by atoms with Gasteiger partial charge in [0, 0.05) is 6.54 Å². The monoisotopic (exact) mass is 1770 g/mol. The van der Waals surface area contributed by atoms with Crippen LogP contribution in [0.5, 0.6) is 0 Å². The molecule has 0 spiro atoms. The highest BCUT2D eigenvalue weighted by atomic mass is 15.1. The van der Waals surface area contributed by atoms with Crippen molar-refractivity contribution in [3.63, 3.8) is 0 Å². The first kappa shape index (κ1) is 173. The average molecular weight is 1770 g/mol. The van der Waals surface area contributed by atoms with Gasteiger partial charge in [0.2, 0.25) is 0 Å². The van der Waals surface area contributed by atoms with Crippen molar-refractivity contribution >= 4 is 0 Å². The lowest BCUT2D eigenvalue weighted by molar-refractivity contribution is 0.263. The van der Waals surface area contributed by atoms with E-state index in [0.717, 1.165) is 6.54 Å². The zero-order valence-electron chi connectivity index (χ0n) is 106. The fourth-order valence-corrected chi connectivity index (χ4v) is 1.70. The zero-order valence-corrected chi connectivity index (χ0v) is 106. The van der Waals surface area contributed by atoms with Crippen LogP contribution in [0.2, 0.25) is 0 Å². The molecule has 0 aliphatic heterocycles. The number of hydrogen-bond acceptors (Lipinski definition) is 1. The van der Waals surface area contributed by atoms with Gasteiger partial charge in [-0.3, -0.25) is 0 Å². The Kier molecular flexibility index (Phi) is 121. The molecule has 0 aliphatic carbocycles. The molecule has 0 radical (unpaired) electrons. The lowest BCUT2D eigenvalue weighted by Gasteiger charge is -2.22. The van der Waals surface area contributed by atoms with E-state index < -0.39 is 0 Å². The Morgan fingerprint density at radius 1 is 0.106 bits per heavy atom. The second-order valence-electron chi connectivity index (χ2n) is 59.6. The molecule has 1 nitrogen and oxygen atoms in total. The van der Waals surface area contributed by atoms with Gasteiger partial charge in [-0.15, -0.1) is 0 Å². The van der Waals surface area contributed by atoms with Crippen molar-refractivity contribution in [2.45, 2.75) is 675 Å². The highest BCUT2D eigenvalue weighted by molar-refractivity contribution is 4.66. The molecule has 0 heterocycles. The maximum absolute atomic E-state index is 2.27. The molecular formula is C122H285N. The molecule has 778 valence electrons. The SMILES string of the molecule is CCC(C)(C)C.CCC(C)(C)C.CCC(C)(C)C.CCC(C)(C)C.CCC(C)(C)C.CCC(C)(C)C.CCC(C)(C)C.CCC(C)(C)C.CCC(C)(C)C.CCC(C)(C)C.CCC(C)(C)C.CCC(C)(C)C.CCC(C)(C)C.CCC(C)(C)C.CCC(C)(C)C.CCC(C)(C)C.CCC(C)(C)C.CCC(C)(C)C.CCCC(C)(C)C.CN(C)CC(C)(C)C. The van der Waals surface area contributed by atoms with Crippen molar-refractivity contribution in [1.82, 2.24) is 4.90 Å². The minimum absolute atomic E-state index is 0.448. The fourth-order valence-electron chi connectivity index (χ4n) is 1.70. The van der Waals surface area contributed by atoms with Gasteiger partial charge in [0.1, 0.15) is 0 Å². The Balaban J connectivity index is -0.0000000505. The van der Waals surface area contributed by atoms with Crippen LogP contribution >= 0.6 is 0 Å². The molecule has 0 aromatic carbocycles. The summed E-state index contributed by atoms with van der Waals surface area (Å²) in [4.78, 5) is 2.21. The van der Waals surface area contributed by atoms with Crippen LogP contribution in [0.4, 0.5) is 0 Å². The Morgan fingerprint density at radius 2 is 0.163 bits per heavy atom. The van der Waals surface area contributed by atoms with Gasteiger partial charge in [-0.1, -0.05) is 669 Å². The first-order valence-electron chi connectivity index (χ1n) is 52.2. The summed E-state index contributed by atoms with van der Waals surface area (Å²) in [6, 6.07) is 0. The van der Waals surface area contributed by atoms with Gasteiger partial charge in [0.15, 0.2) is 0 Å². The Morgan fingerprint density at radius 3 is 0.163 bits per heavy atom. The first-order valence-corrected chi connectivity index (χ1v) is 52.2. The largest absolute Gasteiger partial charge is 0.309 e. The van der Waals surface area contributed by atoms with E-state index in [1.807, 2.05) is 0 Å². The molecule has 0 unspecified atom stereocenters. The van der Waals surface area contributed by atoms with E-state index in [1.54, 1.807) is 0 Å². The summed E-state index contributed by atoms with van der Waals surface area (Å²) in [7, 11) is 4.20. The third-order valence-electron chi connectivity index (χ3n) is 20.9. The van der Waals surface area contributed by atoms with Crippen LogP contribution in [-0.4, -0.2) is 25.5 Å². The van der Waals surface area contributed by atoms with Gasteiger partial charge >= 0.3 is 0 Å². The summed E-state index contributed by atoms with van der Waals surface area (Å²) in [5, 5.41) is 0. The summed E-state index contributed by atoms with van der Waals surface area (Å²) >= 11 is 0. The van der Waals surface area contributed by atoms with Crippen LogP contribution in [0, 0.1) is 108 Å². The van der Waals surface area contributed by atoms with Crippen molar-refractivity contribution in [2.75, 3.05) is 20.6 Å². The number of rotatable bonds is 2. The second kappa shape index (κ2) is 86.1. The van der Waals surface area contributed by atoms with Crippen LogP contribution in [-0.2, 0) is 0 Å². The lowest BCUT2D eigenvalue weighted by atomic mass is 9.91. The average Bonchev–Trinajstić information content (AvgIpc) is 0.969. The first-order chi connectivity index (χ1) is 52.6. The van der Waals surface area contributed by atoms with E-state index in [0.29, 0.717) is 108 Å². The summed E-state index contributed by atoms with van der Waals surface area (Å²) < 4.78 is 0. The lowest BCUT2D eigenvalue weighted by Crippen LogP contribution is -2.25. The molecule has 0 rings (SSSR count). The van der Waals surface area contributed by atoms with Crippen LogP contribution in [0.15, 0.2) is 0 Å². The molecule has 0 saturated heterocycles. The fraction of sp³-hybridized carbons (Fsp3) is 1.00. The van der Waals surface area contributed by atoms with Gasteiger partial charge < -0.3 is 4.90 Å². The summed E-state index contributed by atoms with van der Waals surface area (Å²) in [5.74, 6) is 0. The minimum Gasteiger partial charge on any atom is -0.309 e. The summed E-state index contributed by atoms with van der Waals surface area (Å²) in [5.41, 5.74) is 10.7. The maximum Gasteiger partial charge on any atom is 0.00239 e. The smallest absolute Gasteiger partial charge is 0.00239 e. The third-order valence-corrected chi connectivity index (χ3v) is 20.9. The van der Waals surface area contributed by atoms with E-state index >= 15 is 0 Å². The highest BCUT2D eigenvalue weighted by Gasteiger charge is 2.14. The Bertz CT molecular complexity index is 1360. The Labute approximate surface area is 804 Å². The van der Waals surface area contributed by atoms with Crippen LogP contribution in [0.25, 0.3) is 0 Å². The molecule has 123 heavy (non-hydrogen) atoms. The molecule has 0 bridgehead atoms. The van der Waals surface area contributed by atoms with E-state index in [2.05, 4.69) is 566 Å². The molecule has 0 aromatic heterocycles. The predicted octanol–water partition coefficient (Wildman–Crippen LogP) is 48.4. The van der Waals surface area contributed by atoms with Gasteiger partial charge in [-0.25, -0.2) is 0 Å². The molecule has 0 fully saturated rings. The van der Waals surface area contributed by atoms with Crippen LogP contribution < -0.4 is 0 Å². The van der Waals surface area contributed by atoms with Crippen LogP contribution in [0.1, 0.15) is 675 Å². The van der Waals surface area contributed by atoms with Gasteiger partial charge in [-0.05, 0) is 129 Å². The molecule has 0 N–H and O–H groups in total. The summed E-state index contributed by atoms with van der Waals surface area (Å²) in [6.07, 6.45) is 25.5. The molecule has 0 aromatic rings. The molecule has 0 saturated carbocycles. The highest BCUT2D eigenvalue weighted by Crippen LogP contribution is 2.26. The van der Waals surface area contributed by atoms with Crippen molar-refractivity contribution < 1.29 is 0 Å². The quantitative estimate of drug-likeness (QED) is 0.266. The van der Waals surface area contributed by atoms with Gasteiger partial charge in [0.05, 0.1) is 0 Å². The van der Waals surface area contributed by atoms with E-state index in [1.165, 1.54) is 128 Å². The van der Waals surface area contributed by atoms with E-state index in [-0.39, 0.29) is 0 Å². The zero-order chi connectivity index (χ0) is 106. The third kappa shape index (κ3) is 443. The standard InChI is InChI=1S/C7H17N.C7H16.18C6H14/c1-7(2,3)6-8(4)5;1-5-6-7(2,3)4;18*1-5-6(2,3)4/h6H2,1-5H3;5-6H2,1-4H3;18*5H2,1-4H3. The maximum atomic E-state index is 2.27. The summed E-state index contributed by atoms with van der Waals surface area (Å²) in [6.45, 7) is 178. The van der Waals surface area contributed by atoms with Crippen LogP contribution in [0.3, 0.4) is 0 Å². The predicted molar refractivity (Wildman–Crippen MR) is 608 cm³/mol. The molecular weight excluding hydrogens is 1480 g/mol. The van der Waals surface area contributed by atoms with Crippen molar-refractivity contribution in [3.8, 4) is 0 Å². The van der Waals surface area contributed by atoms with Crippen molar-refractivity contribution in [2.24, 2.45) is 108 Å². The molecule has 0 atom stereocenters. The topological polar surface area (TPSA) is 3.24 Å². The van der Waals surface area contributed by atoms with Crippen molar-refractivity contribution in [3.05, 3.63) is 0 Å². The van der Waals surface area contributed by atoms with E-state index in [4.69, 9.17) is 0 Å². The van der Waals surface area contributed by atoms with Gasteiger partial charge in [-0.2, -0.15) is 0 Å². The normalized spacial score (nSPS) is 12.0. The Hall–Kier alpha value is -0.0400. The van der Waals surface area contributed by atoms with Gasteiger partial charge in [0.25, 0.3) is 0 Å². The van der Waals surface area contributed by atoms with E-state index in [9.17, 15) is 0 Å². The number of nitrogens with zero attached hydrogens (tertiary/aromatic N) is 1. The molecule has 0 aliphatic rings.